The summed E-state index contributed by atoms with van der Waals surface area (Å²) in [6.07, 6.45) is 8.02. The summed E-state index contributed by atoms with van der Waals surface area (Å²) in [5.41, 5.74) is 5.24. The van der Waals surface area contributed by atoms with Gasteiger partial charge in [0.2, 0.25) is 0 Å². The second-order valence-corrected chi connectivity index (χ2v) is 5.19. The molecule has 0 aromatic carbocycles. The van der Waals surface area contributed by atoms with Crippen molar-refractivity contribution in [2.75, 3.05) is 7.05 Å². The molecule has 3 nitrogen and oxygen atoms in total. The van der Waals surface area contributed by atoms with Gasteiger partial charge in [-0.1, -0.05) is 6.07 Å². The van der Waals surface area contributed by atoms with Gasteiger partial charge in [-0.3, -0.25) is 9.97 Å². The van der Waals surface area contributed by atoms with E-state index in [1.165, 1.54) is 28.8 Å². The van der Waals surface area contributed by atoms with Crippen LogP contribution in [0.4, 0.5) is 0 Å². The normalized spacial score (nSPS) is 19.2. The summed E-state index contributed by atoms with van der Waals surface area (Å²) in [6.45, 7) is 2.13. The summed E-state index contributed by atoms with van der Waals surface area (Å²) < 4.78 is 0. The van der Waals surface area contributed by atoms with Crippen LogP contribution in [-0.2, 0) is 6.42 Å². The topological polar surface area (TPSA) is 37.8 Å². The van der Waals surface area contributed by atoms with E-state index in [0.717, 1.165) is 6.42 Å². The third-order valence-electron chi connectivity index (χ3n) is 4.11. The number of nitrogens with one attached hydrogen (secondary N) is 1. The molecule has 2 aromatic rings. The highest BCUT2D eigenvalue weighted by Crippen LogP contribution is 2.40. The zero-order valence-corrected chi connectivity index (χ0v) is 11.4. The molecule has 0 saturated heterocycles. The summed E-state index contributed by atoms with van der Waals surface area (Å²) in [5.74, 6) is 0.460. The lowest BCUT2D eigenvalue weighted by Gasteiger charge is -2.25. The highest BCUT2D eigenvalue weighted by atomic mass is 14.9. The van der Waals surface area contributed by atoms with Crippen molar-refractivity contribution in [1.82, 2.24) is 15.3 Å². The minimum absolute atomic E-state index is 0.319. The van der Waals surface area contributed by atoms with Crippen molar-refractivity contribution in [2.45, 2.75) is 31.7 Å². The lowest BCUT2D eigenvalue weighted by Crippen LogP contribution is -2.24. The van der Waals surface area contributed by atoms with Crippen molar-refractivity contribution >= 4 is 0 Å². The van der Waals surface area contributed by atoms with Gasteiger partial charge in [0.25, 0.3) is 0 Å². The third kappa shape index (κ3) is 2.15. The van der Waals surface area contributed by atoms with Crippen molar-refractivity contribution in [3.63, 3.8) is 0 Å². The van der Waals surface area contributed by atoms with Crippen molar-refractivity contribution < 1.29 is 0 Å². The summed E-state index contributed by atoms with van der Waals surface area (Å²) in [4.78, 5) is 8.80. The van der Waals surface area contributed by atoms with Crippen molar-refractivity contribution in [3.05, 3.63) is 59.2 Å². The minimum Gasteiger partial charge on any atom is -0.312 e. The van der Waals surface area contributed by atoms with Crippen molar-refractivity contribution in [3.8, 4) is 0 Å². The van der Waals surface area contributed by atoms with E-state index in [0.29, 0.717) is 12.0 Å². The number of likely N-dealkylation sites (N-methyl/N-ethyl adjacent to an activating group) is 1. The molecular weight excluding hydrogens is 234 g/mol. The van der Waals surface area contributed by atoms with Crippen LogP contribution in [0, 0.1) is 6.92 Å². The van der Waals surface area contributed by atoms with Gasteiger partial charge in [0, 0.05) is 36.2 Å². The fourth-order valence-corrected chi connectivity index (χ4v) is 3.17. The van der Waals surface area contributed by atoms with E-state index < -0.39 is 0 Å². The first-order valence-corrected chi connectivity index (χ1v) is 6.83. The van der Waals surface area contributed by atoms with Gasteiger partial charge in [0.15, 0.2) is 0 Å². The minimum atomic E-state index is 0.319. The Morgan fingerprint density at radius 2 is 2.21 bits per heavy atom. The Kier molecular flexibility index (Phi) is 3.30. The van der Waals surface area contributed by atoms with Gasteiger partial charge in [0.05, 0.1) is 0 Å². The molecule has 1 aliphatic rings. The highest BCUT2D eigenvalue weighted by Gasteiger charge is 2.31. The van der Waals surface area contributed by atoms with Gasteiger partial charge >= 0.3 is 0 Å². The molecule has 2 atom stereocenters. The maximum atomic E-state index is 4.61. The van der Waals surface area contributed by atoms with E-state index in [2.05, 4.69) is 34.3 Å². The molecule has 0 bridgehead atoms. The molecule has 0 amide bonds. The van der Waals surface area contributed by atoms with E-state index in [1.54, 1.807) is 0 Å². The molecular formula is C16H19N3. The van der Waals surface area contributed by atoms with E-state index in [-0.39, 0.29) is 0 Å². The average Bonchev–Trinajstić information content (AvgIpc) is 2.86. The van der Waals surface area contributed by atoms with Crippen molar-refractivity contribution in [1.29, 1.82) is 0 Å². The Morgan fingerprint density at radius 1 is 1.32 bits per heavy atom. The molecule has 2 aromatic heterocycles. The second kappa shape index (κ2) is 5.10. The first-order valence-electron chi connectivity index (χ1n) is 6.83. The molecule has 1 N–H and O–H groups in total. The largest absolute Gasteiger partial charge is 0.312 e. The fourth-order valence-electron chi connectivity index (χ4n) is 3.17. The lowest BCUT2D eigenvalue weighted by molar-refractivity contribution is 0.468. The van der Waals surface area contributed by atoms with Gasteiger partial charge in [0.1, 0.15) is 0 Å². The summed E-state index contributed by atoms with van der Waals surface area (Å²) in [6, 6.07) is 6.68. The molecule has 0 fully saturated rings. The maximum absolute atomic E-state index is 4.61. The molecule has 0 spiro atoms. The molecule has 0 aliphatic heterocycles. The Hall–Kier alpha value is -1.74. The van der Waals surface area contributed by atoms with Gasteiger partial charge in [-0.15, -0.1) is 0 Å². The SMILES string of the molecule is CNC(c1ccncc1C)C1CCc2cccnc21. The summed E-state index contributed by atoms with van der Waals surface area (Å²) in [7, 11) is 2.03. The van der Waals surface area contributed by atoms with Crippen LogP contribution in [0.2, 0.25) is 0 Å². The molecule has 98 valence electrons. The Labute approximate surface area is 114 Å². The van der Waals surface area contributed by atoms with Crippen LogP contribution in [0.5, 0.6) is 0 Å². The van der Waals surface area contributed by atoms with E-state index in [1.807, 2.05) is 31.7 Å². The Balaban J connectivity index is 1.99. The Bertz CT molecular complexity index is 580. The standard InChI is InChI=1S/C16H19N3/c1-11-10-18-9-7-13(11)16(17-2)14-6-5-12-4-3-8-19-15(12)14/h3-4,7-10,14,16-17H,5-6H2,1-2H3. The van der Waals surface area contributed by atoms with Gasteiger partial charge in [-0.25, -0.2) is 0 Å². The number of hydrogen-bond donors (Lipinski definition) is 1. The molecule has 0 saturated carbocycles. The molecule has 2 unspecified atom stereocenters. The van der Waals surface area contributed by atoms with E-state index in [9.17, 15) is 0 Å². The lowest BCUT2D eigenvalue weighted by atomic mass is 9.89. The Morgan fingerprint density at radius 3 is 3.00 bits per heavy atom. The van der Waals surface area contributed by atoms with Crippen LogP contribution in [0.1, 0.15) is 40.8 Å². The van der Waals surface area contributed by atoms with E-state index >= 15 is 0 Å². The van der Waals surface area contributed by atoms with Gasteiger partial charge in [-0.2, -0.15) is 0 Å². The third-order valence-corrected chi connectivity index (χ3v) is 4.11. The molecule has 19 heavy (non-hydrogen) atoms. The van der Waals surface area contributed by atoms with Crippen LogP contribution in [0.3, 0.4) is 0 Å². The number of aromatic nitrogens is 2. The number of fused-ring (bicyclic) bond motifs is 1. The monoisotopic (exact) mass is 253 g/mol. The van der Waals surface area contributed by atoms with Crippen LogP contribution in [0.25, 0.3) is 0 Å². The van der Waals surface area contributed by atoms with Gasteiger partial charge < -0.3 is 5.32 Å². The number of nitrogens with zero attached hydrogens (tertiary/aromatic N) is 2. The quantitative estimate of drug-likeness (QED) is 0.914. The summed E-state index contributed by atoms with van der Waals surface area (Å²) >= 11 is 0. The summed E-state index contributed by atoms with van der Waals surface area (Å²) in [5, 5.41) is 3.47. The zero-order chi connectivity index (χ0) is 13.2. The average molecular weight is 253 g/mol. The molecule has 3 heteroatoms. The van der Waals surface area contributed by atoms with Gasteiger partial charge in [-0.05, 0) is 55.6 Å². The van der Waals surface area contributed by atoms with Crippen LogP contribution < -0.4 is 5.32 Å². The van der Waals surface area contributed by atoms with Crippen LogP contribution in [0.15, 0.2) is 36.8 Å². The number of pyridine rings is 2. The predicted molar refractivity (Wildman–Crippen MR) is 76.1 cm³/mol. The first kappa shape index (κ1) is 12.3. The fraction of sp³-hybridized carbons (Fsp3) is 0.375. The molecule has 1 aliphatic carbocycles. The predicted octanol–water partition coefficient (Wildman–Crippen LogP) is 2.78. The number of aryl methyl sites for hydroxylation is 2. The van der Waals surface area contributed by atoms with Crippen LogP contribution in [-0.4, -0.2) is 17.0 Å². The molecule has 0 radical (unpaired) electrons. The second-order valence-electron chi connectivity index (χ2n) is 5.19. The molecule has 3 rings (SSSR count). The first-order chi connectivity index (χ1) is 9.31. The highest BCUT2D eigenvalue weighted by molar-refractivity contribution is 5.35. The zero-order valence-electron chi connectivity index (χ0n) is 11.4. The van der Waals surface area contributed by atoms with Crippen LogP contribution >= 0.6 is 0 Å². The smallest absolute Gasteiger partial charge is 0.0485 e. The van der Waals surface area contributed by atoms with E-state index in [4.69, 9.17) is 0 Å². The molecule has 2 heterocycles. The number of rotatable bonds is 3. The maximum Gasteiger partial charge on any atom is 0.0485 e. The van der Waals surface area contributed by atoms with Crippen molar-refractivity contribution in [2.24, 2.45) is 0 Å². The number of hydrogen-bond acceptors (Lipinski definition) is 3.